The van der Waals surface area contributed by atoms with Gasteiger partial charge in [-0.15, -0.1) is 0 Å². The molecule has 0 atom stereocenters. The molecule has 0 radical (unpaired) electrons. The molecule has 110 valence electrons. The molecule has 0 unspecified atom stereocenters. The molecule has 1 aromatic rings. The quantitative estimate of drug-likeness (QED) is 0.890. The van der Waals surface area contributed by atoms with Crippen LogP contribution in [-0.4, -0.2) is 38.6 Å². The number of hydrogen-bond acceptors (Lipinski definition) is 3. The van der Waals surface area contributed by atoms with Crippen LogP contribution < -0.4 is 5.32 Å². The summed E-state index contributed by atoms with van der Waals surface area (Å²) < 4.78 is 2.68. The van der Waals surface area contributed by atoms with Crippen molar-refractivity contribution < 1.29 is 9.59 Å². The zero-order valence-electron chi connectivity index (χ0n) is 12.2. The van der Waals surface area contributed by atoms with Gasteiger partial charge in [-0.25, -0.2) is 0 Å². The second kappa shape index (κ2) is 5.20. The Bertz CT molecular complexity index is 565. The van der Waals surface area contributed by atoms with Crippen molar-refractivity contribution in [1.29, 1.82) is 0 Å². The summed E-state index contributed by atoms with van der Waals surface area (Å²) in [5, 5.41) is 7.11. The van der Waals surface area contributed by atoms with E-state index >= 15 is 0 Å². The number of rotatable bonds is 3. The van der Waals surface area contributed by atoms with Gasteiger partial charge in [0.15, 0.2) is 0 Å². The lowest BCUT2D eigenvalue weighted by Crippen LogP contribution is -2.63. The predicted molar refractivity (Wildman–Crippen MR) is 77.9 cm³/mol. The number of nitrogens with one attached hydrogen (secondary N) is 1. The summed E-state index contributed by atoms with van der Waals surface area (Å²) in [6, 6.07) is 0. The van der Waals surface area contributed by atoms with Crippen LogP contribution in [0.4, 0.5) is 0 Å². The Morgan fingerprint density at radius 3 is 2.60 bits per heavy atom. The summed E-state index contributed by atoms with van der Waals surface area (Å²) in [6.07, 6.45) is 0.814. The zero-order valence-corrected chi connectivity index (χ0v) is 13.7. The van der Waals surface area contributed by atoms with Gasteiger partial charge in [0.25, 0.3) is 0 Å². The number of nitrogens with zero attached hydrogens (tertiary/aromatic N) is 3. The van der Waals surface area contributed by atoms with Crippen molar-refractivity contribution in [1.82, 2.24) is 20.0 Å². The smallest absolute Gasteiger partial charge is 0.248 e. The molecule has 0 aromatic carbocycles. The van der Waals surface area contributed by atoms with Crippen LogP contribution >= 0.6 is 15.9 Å². The monoisotopic (exact) mass is 342 g/mol. The molecule has 0 spiro atoms. The number of aromatic nitrogens is 2. The molecule has 0 aliphatic carbocycles. The van der Waals surface area contributed by atoms with E-state index in [4.69, 9.17) is 0 Å². The first kappa shape index (κ1) is 15.0. The van der Waals surface area contributed by atoms with Gasteiger partial charge < -0.3 is 10.2 Å². The molecule has 1 saturated heterocycles. The van der Waals surface area contributed by atoms with Crippen molar-refractivity contribution in [2.45, 2.75) is 39.3 Å². The maximum Gasteiger partial charge on any atom is 0.248 e. The molecule has 0 bridgehead atoms. The van der Waals surface area contributed by atoms with Crippen LogP contribution in [0.25, 0.3) is 0 Å². The molecule has 1 aliphatic heterocycles. The van der Waals surface area contributed by atoms with Gasteiger partial charge in [-0.1, -0.05) is 6.92 Å². The summed E-state index contributed by atoms with van der Waals surface area (Å²) in [7, 11) is 1.85. The third-order valence-corrected chi connectivity index (χ3v) is 4.37. The number of carbonyl (C=O) groups excluding carboxylic acids is 2. The highest BCUT2D eigenvalue weighted by molar-refractivity contribution is 9.10. The Hall–Kier alpha value is -1.37. The molecule has 2 heterocycles. The average molecular weight is 343 g/mol. The third kappa shape index (κ3) is 2.59. The number of halogens is 1. The minimum Gasteiger partial charge on any atom is -0.341 e. The number of piperazine rings is 1. The van der Waals surface area contributed by atoms with E-state index in [1.54, 1.807) is 23.4 Å². The van der Waals surface area contributed by atoms with E-state index in [1.165, 1.54) is 0 Å². The van der Waals surface area contributed by atoms with Crippen LogP contribution in [-0.2, 0) is 29.6 Å². The summed E-state index contributed by atoms with van der Waals surface area (Å²) in [4.78, 5) is 25.6. The van der Waals surface area contributed by atoms with Gasteiger partial charge in [0.2, 0.25) is 11.8 Å². The average Bonchev–Trinajstić information content (AvgIpc) is 2.62. The third-order valence-electron chi connectivity index (χ3n) is 3.45. The van der Waals surface area contributed by atoms with E-state index in [0.717, 1.165) is 22.3 Å². The Labute approximate surface area is 126 Å². The lowest BCUT2D eigenvalue weighted by atomic mass is 10.0. The fourth-order valence-electron chi connectivity index (χ4n) is 2.38. The largest absolute Gasteiger partial charge is 0.341 e. The molecule has 0 saturated carbocycles. The topological polar surface area (TPSA) is 67.2 Å². The van der Waals surface area contributed by atoms with Crippen LogP contribution in [0.2, 0.25) is 0 Å². The number of aryl methyl sites for hydroxylation is 2. The first-order valence-electron chi connectivity index (χ1n) is 6.57. The lowest BCUT2D eigenvalue weighted by molar-refractivity contribution is -0.149. The van der Waals surface area contributed by atoms with Gasteiger partial charge >= 0.3 is 0 Å². The molecule has 1 N–H and O–H groups in total. The van der Waals surface area contributed by atoms with Gasteiger partial charge in [0, 0.05) is 7.05 Å². The van der Waals surface area contributed by atoms with Crippen LogP contribution in [0.5, 0.6) is 0 Å². The maximum absolute atomic E-state index is 12.4. The van der Waals surface area contributed by atoms with E-state index in [1.807, 2.05) is 14.0 Å². The van der Waals surface area contributed by atoms with E-state index in [-0.39, 0.29) is 18.4 Å². The Morgan fingerprint density at radius 2 is 2.05 bits per heavy atom. The Balaban J connectivity index is 2.27. The van der Waals surface area contributed by atoms with Crippen LogP contribution in [0.1, 0.15) is 32.2 Å². The van der Waals surface area contributed by atoms with Crippen molar-refractivity contribution in [3.8, 4) is 0 Å². The molecular formula is C13H19BrN4O2. The van der Waals surface area contributed by atoms with Crippen LogP contribution in [0.3, 0.4) is 0 Å². The highest BCUT2D eigenvalue weighted by Crippen LogP contribution is 2.24. The van der Waals surface area contributed by atoms with E-state index in [0.29, 0.717) is 6.54 Å². The maximum atomic E-state index is 12.4. The van der Waals surface area contributed by atoms with Gasteiger partial charge in [0.1, 0.15) is 12.1 Å². The van der Waals surface area contributed by atoms with Crippen molar-refractivity contribution in [3.05, 3.63) is 15.9 Å². The summed E-state index contributed by atoms with van der Waals surface area (Å²) in [5.74, 6) is -0.216. The van der Waals surface area contributed by atoms with E-state index in [9.17, 15) is 9.59 Å². The van der Waals surface area contributed by atoms with E-state index < -0.39 is 5.54 Å². The molecule has 7 heteroatoms. The molecule has 1 fully saturated rings. The predicted octanol–water partition coefficient (Wildman–Crippen LogP) is 0.982. The first-order valence-corrected chi connectivity index (χ1v) is 7.36. The lowest BCUT2D eigenvalue weighted by Gasteiger charge is -2.37. The van der Waals surface area contributed by atoms with Crippen LogP contribution in [0, 0.1) is 0 Å². The van der Waals surface area contributed by atoms with Gasteiger partial charge in [-0.3, -0.25) is 14.3 Å². The summed E-state index contributed by atoms with van der Waals surface area (Å²) >= 11 is 3.53. The molecule has 1 aromatic heterocycles. The summed E-state index contributed by atoms with van der Waals surface area (Å²) in [6.45, 7) is 5.92. The fraction of sp³-hybridized carbons (Fsp3) is 0.615. The highest BCUT2D eigenvalue weighted by Gasteiger charge is 2.39. The van der Waals surface area contributed by atoms with Gasteiger partial charge in [-0.05, 0) is 36.2 Å². The number of carbonyl (C=O) groups is 2. The minimum atomic E-state index is -0.853. The summed E-state index contributed by atoms with van der Waals surface area (Å²) in [5.41, 5.74) is 1.00. The Kier molecular flexibility index (Phi) is 3.90. The van der Waals surface area contributed by atoms with Crippen LogP contribution in [0.15, 0.2) is 4.47 Å². The molecule has 2 amide bonds. The zero-order chi connectivity index (χ0) is 15.1. The van der Waals surface area contributed by atoms with Gasteiger partial charge in [0.05, 0.1) is 22.4 Å². The SMILES string of the molecule is CCc1nn(C)c(CN2CC(=O)NC(C)(C)C2=O)c1Br. The second-order valence-electron chi connectivity index (χ2n) is 5.52. The molecule has 6 nitrogen and oxygen atoms in total. The molecular weight excluding hydrogens is 324 g/mol. The number of amides is 2. The fourth-order valence-corrected chi connectivity index (χ4v) is 3.12. The van der Waals surface area contributed by atoms with Gasteiger partial charge in [-0.2, -0.15) is 5.10 Å². The number of hydrogen-bond donors (Lipinski definition) is 1. The minimum absolute atomic E-state index is 0.0803. The molecule has 2 rings (SSSR count). The normalized spacial score (nSPS) is 18.4. The van der Waals surface area contributed by atoms with E-state index in [2.05, 4.69) is 26.3 Å². The van der Waals surface area contributed by atoms with Crippen molar-refractivity contribution in [2.24, 2.45) is 7.05 Å². The highest BCUT2D eigenvalue weighted by atomic mass is 79.9. The standard InChI is InChI=1S/C13H19BrN4O2/c1-5-8-11(14)9(17(4)16-8)6-18-7-10(19)15-13(2,3)12(18)20/h5-7H2,1-4H3,(H,15,19). The molecule has 1 aliphatic rings. The molecule has 20 heavy (non-hydrogen) atoms. The van der Waals surface area contributed by atoms with Crippen molar-refractivity contribution in [3.63, 3.8) is 0 Å². The van der Waals surface area contributed by atoms with Crippen molar-refractivity contribution >= 4 is 27.7 Å². The van der Waals surface area contributed by atoms with Crippen molar-refractivity contribution in [2.75, 3.05) is 6.54 Å². The Morgan fingerprint density at radius 1 is 1.40 bits per heavy atom. The first-order chi connectivity index (χ1) is 9.26. The second-order valence-corrected chi connectivity index (χ2v) is 6.31.